The van der Waals surface area contributed by atoms with E-state index in [1.165, 1.54) is 26.0 Å². The van der Waals surface area contributed by atoms with Crippen LogP contribution in [0.1, 0.15) is 25.0 Å². The monoisotopic (exact) mass is 439 g/mol. The molecule has 0 aliphatic rings. The molecule has 0 fully saturated rings. The van der Waals surface area contributed by atoms with Gasteiger partial charge in [-0.1, -0.05) is 40.2 Å². The molecule has 0 aliphatic carbocycles. The first-order chi connectivity index (χ1) is 12.2. The molecule has 2 aromatic carbocycles. The van der Waals surface area contributed by atoms with Gasteiger partial charge in [-0.2, -0.15) is 0 Å². The van der Waals surface area contributed by atoms with Crippen molar-refractivity contribution in [2.75, 3.05) is 7.11 Å². The fraction of sp³-hybridized carbons (Fsp3) is 0.316. The lowest BCUT2D eigenvalue weighted by atomic mass is 10.1. The van der Waals surface area contributed by atoms with Gasteiger partial charge in [0.2, 0.25) is 5.91 Å². The third kappa shape index (κ3) is 4.52. The fourth-order valence-corrected chi connectivity index (χ4v) is 4.01. The van der Waals surface area contributed by atoms with Gasteiger partial charge in [0.05, 0.1) is 11.5 Å². The lowest BCUT2D eigenvalue weighted by Crippen LogP contribution is -2.47. The van der Waals surface area contributed by atoms with Crippen LogP contribution in [0.25, 0.3) is 0 Å². The third-order valence-corrected chi connectivity index (χ3v) is 7.08. The highest BCUT2D eigenvalue weighted by Crippen LogP contribution is 2.27. The van der Waals surface area contributed by atoms with Gasteiger partial charge in [0.15, 0.2) is 9.84 Å². The Morgan fingerprint density at radius 2 is 1.58 bits per heavy atom. The molecule has 0 aromatic heterocycles. The van der Waals surface area contributed by atoms with E-state index in [0.717, 1.165) is 15.6 Å². The molecular weight excluding hydrogens is 418 g/mol. The van der Waals surface area contributed by atoms with E-state index in [2.05, 4.69) is 21.2 Å². The maximum Gasteiger partial charge on any atom is 0.241 e. The van der Waals surface area contributed by atoms with Crippen LogP contribution in [0.15, 0.2) is 57.9 Å². The number of sulfone groups is 1. The van der Waals surface area contributed by atoms with Crippen molar-refractivity contribution in [3.63, 3.8) is 0 Å². The predicted molar refractivity (Wildman–Crippen MR) is 104 cm³/mol. The van der Waals surface area contributed by atoms with Gasteiger partial charge < -0.3 is 10.1 Å². The maximum absolute atomic E-state index is 12.8. The smallest absolute Gasteiger partial charge is 0.241 e. The van der Waals surface area contributed by atoms with E-state index in [1.807, 2.05) is 24.3 Å². The Morgan fingerprint density at radius 1 is 1.04 bits per heavy atom. The van der Waals surface area contributed by atoms with Crippen molar-refractivity contribution < 1.29 is 17.9 Å². The second-order valence-corrected chi connectivity index (χ2v) is 9.81. The summed E-state index contributed by atoms with van der Waals surface area (Å²) in [7, 11) is -2.20. The minimum absolute atomic E-state index is 0.116. The van der Waals surface area contributed by atoms with Crippen LogP contribution < -0.4 is 5.32 Å². The Balaban J connectivity index is 2.10. The summed E-state index contributed by atoms with van der Waals surface area (Å²) in [5.74, 6) is -0.540. The number of amides is 1. The molecule has 0 saturated carbocycles. The highest BCUT2D eigenvalue weighted by atomic mass is 79.9. The minimum atomic E-state index is -3.82. The zero-order valence-electron chi connectivity index (χ0n) is 15.0. The first kappa shape index (κ1) is 20.6. The number of ether oxygens (including phenoxy) is 1. The number of hydrogen-bond donors (Lipinski definition) is 1. The summed E-state index contributed by atoms with van der Waals surface area (Å²) in [4.78, 5) is 12.7. The first-order valence-corrected chi connectivity index (χ1v) is 10.3. The second kappa shape index (κ2) is 8.33. The SMILES string of the molecule is COCc1ccc(CNC(=O)C(C)(C)S(=O)(=O)c2ccc(Br)cc2)cc1. The zero-order valence-corrected chi connectivity index (χ0v) is 17.4. The fourth-order valence-electron chi connectivity index (χ4n) is 2.35. The van der Waals surface area contributed by atoms with Crippen molar-refractivity contribution in [2.24, 2.45) is 0 Å². The summed E-state index contributed by atoms with van der Waals surface area (Å²) in [6.07, 6.45) is 0. The summed E-state index contributed by atoms with van der Waals surface area (Å²) in [5, 5.41) is 2.72. The van der Waals surface area contributed by atoms with Crippen molar-refractivity contribution in [3.8, 4) is 0 Å². The highest BCUT2D eigenvalue weighted by Gasteiger charge is 2.42. The number of carbonyl (C=O) groups is 1. The molecule has 5 nitrogen and oxygen atoms in total. The number of methoxy groups -OCH3 is 1. The highest BCUT2D eigenvalue weighted by molar-refractivity contribution is 9.10. The van der Waals surface area contributed by atoms with Crippen molar-refractivity contribution in [2.45, 2.75) is 36.6 Å². The van der Waals surface area contributed by atoms with Gasteiger partial charge in [0.1, 0.15) is 4.75 Å². The van der Waals surface area contributed by atoms with Crippen LogP contribution in [-0.4, -0.2) is 26.2 Å². The van der Waals surface area contributed by atoms with Crippen molar-refractivity contribution in [1.82, 2.24) is 5.32 Å². The largest absolute Gasteiger partial charge is 0.380 e. The lowest BCUT2D eigenvalue weighted by Gasteiger charge is -2.24. The molecule has 2 aromatic rings. The molecule has 1 N–H and O–H groups in total. The van der Waals surface area contributed by atoms with E-state index in [-0.39, 0.29) is 11.4 Å². The Labute approximate surface area is 162 Å². The number of halogens is 1. The zero-order chi connectivity index (χ0) is 19.4. The lowest BCUT2D eigenvalue weighted by molar-refractivity contribution is -0.123. The summed E-state index contributed by atoms with van der Waals surface area (Å²) in [5.41, 5.74) is 1.91. The van der Waals surface area contributed by atoms with Gasteiger partial charge in [0, 0.05) is 18.1 Å². The van der Waals surface area contributed by atoms with Crippen LogP contribution in [0, 0.1) is 0 Å². The molecule has 0 aliphatic heterocycles. The van der Waals surface area contributed by atoms with E-state index in [4.69, 9.17) is 4.74 Å². The van der Waals surface area contributed by atoms with Gasteiger partial charge in [-0.15, -0.1) is 0 Å². The van der Waals surface area contributed by atoms with Crippen LogP contribution in [0.5, 0.6) is 0 Å². The number of benzene rings is 2. The maximum atomic E-state index is 12.8. The molecule has 0 heterocycles. The Hall–Kier alpha value is -1.70. The molecule has 0 spiro atoms. The van der Waals surface area contributed by atoms with Crippen LogP contribution >= 0.6 is 15.9 Å². The normalized spacial score (nSPS) is 12.0. The summed E-state index contributed by atoms with van der Waals surface area (Å²) in [6, 6.07) is 13.8. The molecular formula is C19H22BrNO4S. The van der Waals surface area contributed by atoms with Gasteiger partial charge >= 0.3 is 0 Å². The summed E-state index contributed by atoms with van der Waals surface area (Å²) in [6.45, 7) is 3.61. The van der Waals surface area contributed by atoms with Crippen molar-refractivity contribution >= 4 is 31.7 Å². The number of carbonyl (C=O) groups excluding carboxylic acids is 1. The van der Waals surface area contributed by atoms with Crippen molar-refractivity contribution in [3.05, 3.63) is 64.1 Å². The molecule has 7 heteroatoms. The minimum Gasteiger partial charge on any atom is -0.380 e. The van der Waals surface area contributed by atoms with E-state index in [9.17, 15) is 13.2 Å². The van der Waals surface area contributed by atoms with Gasteiger partial charge in [-0.05, 0) is 49.2 Å². The summed E-state index contributed by atoms with van der Waals surface area (Å²) < 4.78 is 29.9. The van der Waals surface area contributed by atoms with Crippen LogP contribution in [0.4, 0.5) is 0 Å². The first-order valence-electron chi connectivity index (χ1n) is 8.04. The number of nitrogens with one attached hydrogen (secondary N) is 1. The quantitative estimate of drug-likeness (QED) is 0.716. The van der Waals surface area contributed by atoms with E-state index >= 15 is 0 Å². The summed E-state index contributed by atoms with van der Waals surface area (Å²) >= 11 is 3.28. The molecule has 0 saturated heterocycles. The van der Waals surface area contributed by atoms with Crippen LogP contribution in [0.2, 0.25) is 0 Å². The average Bonchev–Trinajstić information content (AvgIpc) is 2.61. The standard InChI is InChI=1S/C19H22BrNO4S/c1-19(2,26(23,24)17-10-8-16(20)9-11-17)18(22)21-12-14-4-6-15(7-5-14)13-25-3/h4-11H,12-13H2,1-3H3,(H,21,22). The van der Waals surface area contributed by atoms with E-state index < -0.39 is 20.5 Å². The van der Waals surface area contributed by atoms with E-state index in [1.54, 1.807) is 19.2 Å². The number of hydrogen-bond acceptors (Lipinski definition) is 4. The van der Waals surface area contributed by atoms with Gasteiger partial charge in [0.25, 0.3) is 0 Å². The van der Waals surface area contributed by atoms with Crippen molar-refractivity contribution in [1.29, 1.82) is 0 Å². The number of rotatable bonds is 7. The molecule has 0 radical (unpaired) electrons. The molecule has 26 heavy (non-hydrogen) atoms. The molecule has 140 valence electrons. The van der Waals surface area contributed by atoms with Gasteiger partial charge in [-0.25, -0.2) is 8.42 Å². The Bertz CT molecular complexity index is 859. The molecule has 0 unspecified atom stereocenters. The second-order valence-electron chi connectivity index (χ2n) is 6.40. The topological polar surface area (TPSA) is 72.5 Å². The van der Waals surface area contributed by atoms with E-state index in [0.29, 0.717) is 6.61 Å². The average molecular weight is 440 g/mol. The van der Waals surface area contributed by atoms with Gasteiger partial charge in [-0.3, -0.25) is 4.79 Å². The third-order valence-electron chi connectivity index (χ3n) is 4.13. The molecule has 2 rings (SSSR count). The molecule has 1 amide bonds. The Morgan fingerprint density at radius 3 is 2.12 bits per heavy atom. The van der Waals surface area contributed by atoms with Crippen LogP contribution in [-0.2, 0) is 32.5 Å². The predicted octanol–water partition coefficient (Wildman–Crippen LogP) is 3.46. The molecule has 0 atom stereocenters. The van der Waals surface area contributed by atoms with Crippen LogP contribution in [0.3, 0.4) is 0 Å². The molecule has 0 bridgehead atoms. The Kier molecular flexibility index (Phi) is 6.60.